The Morgan fingerprint density at radius 2 is 1.91 bits per heavy atom. The van der Waals surface area contributed by atoms with Crippen molar-refractivity contribution >= 4 is 5.91 Å². The van der Waals surface area contributed by atoms with Crippen molar-refractivity contribution in [3.05, 3.63) is 0 Å². The van der Waals surface area contributed by atoms with E-state index in [2.05, 4.69) is 24.5 Å². The van der Waals surface area contributed by atoms with Crippen LogP contribution in [0, 0.1) is 17.3 Å². The summed E-state index contributed by atoms with van der Waals surface area (Å²) in [6.45, 7) is 7.14. The minimum atomic E-state index is 0.221. The fourth-order valence-corrected chi connectivity index (χ4v) is 4.92. The Morgan fingerprint density at radius 1 is 1.14 bits per heavy atom. The van der Waals surface area contributed by atoms with Crippen LogP contribution >= 0.6 is 0 Å². The summed E-state index contributed by atoms with van der Waals surface area (Å²) < 4.78 is 5.93. The van der Waals surface area contributed by atoms with Gasteiger partial charge in [-0.25, -0.2) is 0 Å². The smallest absolute Gasteiger partial charge is 0.220 e. The Kier molecular flexibility index (Phi) is 5.08. The summed E-state index contributed by atoms with van der Waals surface area (Å²) >= 11 is 0. The summed E-state index contributed by atoms with van der Waals surface area (Å²) in [6, 6.07) is 0.532. The van der Waals surface area contributed by atoms with Crippen molar-refractivity contribution < 1.29 is 9.53 Å². The van der Waals surface area contributed by atoms with Crippen molar-refractivity contribution in [3.8, 4) is 0 Å². The fourth-order valence-electron chi connectivity index (χ4n) is 4.92. The van der Waals surface area contributed by atoms with Crippen LogP contribution < -0.4 is 10.6 Å². The van der Waals surface area contributed by atoms with Gasteiger partial charge in [0.05, 0.1) is 6.10 Å². The minimum absolute atomic E-state index is 0.221. The number of carbonyl (C=O) groups excluding carboxylic acids is 1. The monoisotopic (exact) mass is 308 g/mol. The van der Waals surface area contributed by atoms with Crippen molar-refractivity contribution in [3.63, 3.8) is 0 Å². The highest BCUT2D eigenvalue weighted by Gasteiger charge is 2.57. The molecule has 1 heterocycles. The molecule has 0 spiro atoms. The van der Waals surface area contributed by atoms with Gasteiger partial charge in [0.15, 0.2) is 0 Å². The molecule has 2 saturated carbocycles. The average Bonchev–Trinajstić information content (AvgIpc) is 2.99. The molecule has 22 heavy (non-hydrogen) atoms. The summed E-state index contributed by atoms with van der Waals surface area (Å²) in [6.07, 6.45) is 8.72. The molecular weight excluding hydrogens is 276 g/mol. The molecule has 0 aromatic heterocycles. The van der Waals surface area contributed by atoms with Crippen LogP contribution in [-0.2, 0) is 9.53 Å². The molecule has 0 bridgehead atoms. The molecule has 2 N–H and O–H groups in total. The first-order valence-corrected chi connectivity index (χ1v) is 9.20. The van der Waals surface area contributed by atoms with Crippen LogP contribution in [0.25, 0.3) is 0 Å². The number of fused-ring (bicyclic) bond motifs is 1. The van der Waals surface area contributed by atoms with Gasteiger partial charge < -0.3 is 15.4 Å². The molecule has 0 aromatic rings. The lowest BCUT2D eigenvalue weighted by Gasteiger charge is -2.60. The number of carbonyl (C=O) groups is 1. The van der Waals surface area contributed by atoms with Gasteiger partial charge in [-0.15, -0.1) is 0 Å². The molecule has 3 atom stereocenters. The van der Waals surface area contributed by atoms with E-state index in [1.54, 1.807) is 0 Å². The molecule has 0 unspecified atom stereocenters. The molecule has 2 aliphatic carbocycles. The van der Waals surface area contributed by atoms with E-state index in [1.165, 1.54) is 38.5 Å². The Labute approximate surface area is 134 Å². The topological polar surface area (TPSA) is 50.4 Å². The zero-order valence-corrected chi connectivity index (χ0v) is 14.2. The lowest BCUT2D eigenvalue weighted by atomic mass is 9.55. The van der Waals surface area contributed by atoms with Crippen molar-refractivity contribution in [2.75, 3.05) is 19.7 Å². The second-order valence-electron chi connectivity index (χ2n) is 8.06. The van der Waals surface area contributed by atoms with Crippen LogP contribution in [-0.4, -0.2) is 37.7 Å². The maximum Gasteiger partial charge on any atom is 0.220 e. The second-order valence-corrected chi connectivity index (χ2v) is 8.06. The molecule has 1 amide bonds. The van der Waals surface area contributed by atoms with E-state index in [4.69, 9.17) is 4.74 Å². The van der Waals surface area contributed by atoms with E-state index in [0.717, 1.165) is 26.1 Å². The molecule has 3 fully saturated rings. The maximum absolute atomic E-state index is 11.9. The summed E-state index contributed by atoms with van der Waals surface area (Å²) in [7, 11) is 0. The SMILES string of the molecule is CC1(C)[C@H](NCCNC(=O)CC2CCCC2)[C@H]2CCCO[C@@H]21. The predicted molar refractivity (Wildman–Crippen MR) is 87.6 cm³/mol. The number of amides is 1. The van der Waals surface area contributed by atoms with Gasteiger partial charge in [-0.2, -0.15) is 0 Å². The summed E-state index contributed by atoms with van der Waals surface area (Å²) in [4.78, 5) is 11.9. The van der Waals surface area contributed by atoms with Crippen LogP contribution in [0.3, 0.4) is 0 Å². The number of rotatable bonds is 6. The second kappa shape index (κ2) is 6.88. The molecule has 0 radical (unpaired) electrons. The molecule has 4 nitrogen and oxygen atoms in total. The quantitative estimate of drug-likeness (QED) is 0.741. The minimum Gasteiger partial charge on any atom is -0.377 e. The highest BCUT2D eigenvalue weighted by molar-refractivity contribution is 5.76. The van der Waals surface area contributed by atoms with Gasteiger partial charge in [0.1, 0.15) is 0 Å². The molecular formula is C18H32N2O2. The number of hydrogen-bond acceptors (Lipinski definition) is 3. The maximum atomic E-state index is 11.9. The van der Waals surface area contributed by atoms with Crippen LogP contribution in [0.4, 0.5) is 0 Å². The zero-order valence-electron chi connectivity index (χ0n) is 14.2. The Morgan fingerprint density at radius 3 is 2.68 bits per heavy atom. The largest absolute Gasteiger partial charge is 0.377 e. The zero-order chi connectivity index (χ0) is 15.6. The molecule has 4 heteroatoms. The summed E-state index contributed by atoms with van der Waals surface area (Å²) in [5.74, 6) is 1.54. The summed E-state index contributed by atoms with van der Waals surface area (Å²) in [5, 5.41) is 6.74. The Balaban J connectivity index is 1.33. The highest BCUT2D eigenvalue weighted by Crippen LogP contribution is 2.51. The number of hydrogen-bond donors (Lipinski definition) is 2. The van der Waals surface area contributed by atoms with E-state index in [0.29, 0.717) is 24.0 Å². The van der Waals surface area contributed by atoms with Gasteiger partial charge in [0, 0.05) is 43.5 Å². The molecule has 3 rings (SSSR count). The van der Waals surface area contributed by atoms with Gasteiger partial charge >= 0.3 is 0 Å². The molecule has 0 aromatic carbocycles. The van der Waals surface area contributed by atoms with Crippen molar-refractivity contribution in [2.24, 2.45) is 17.3 Å². The average molecular weight is 308 g/mol. The molecule has 1 saturated heterocycles. The lowest BCUT2D eigenvalue weighted by molar-refractivity contribution is -0.192. The first kappa shape index (κ1) is 16.3. The predicted octanol–water partition coefficient (Wildman–Crippen LogP) is 2.48. The first-order valence-electron chi connectivity index (χ1n) is 9.20. The van der Waals surface area contributed by atoms with E-state index >= 15 is 0 Å². The molecule has 126 valence electrons. The van der Waals surface area contributed by atoms with E-state index in [9.17, 15) is 4.79 Å². The van der Waals surface area contributed by atoms with Crippen LogP contribution in [0.5, 0.6) is 0 Å². The Hall–Kier alpha value is -0.610. The normalized spacial score (nSPS) is 34.0. The van der Waals surface area contributed by atoms with E-state index in [-0.39, 0.29) is 11.3 Å². The van der Waals surface area contributed by atoms with Gasteiger partial charge in [-0.1, -0.05) is 26.7 Å². The van der Waals surface area contributed by atoms with Crippen LogP contribution in [0.15, 0.2) is 0 Å². The third-order valence-corrected chi connectivity index (χ3v) is 6.09. The Bertz CT molecular complexity index is 391. The summed E-state index contributed by atoms with van der Waals surface area (Å²) in [5.41, 5.74) is 0.221. The number of ether oxygens (including phenoxy) is 1. The van der Waals surface area contributed by atoms with E-state index < -0.39 is 0 Å². The van der Waals surface area contributed by atoms with Gasteiger partial charge in [0.25, 0.3) is 0 Å². The van der Waals surface area contributed by atoms with Crippen LogP contribution in [0.2, 0.25) is 0 Å². The van der Waals surface area contributed by atoms with Crippen molar-refractivity contribution in [1.29, 1.82) is 0 Å². The molecule has 3 aliphatic rings. The third-order valence-electron chi connectivity index (χ3n) is 6.09. The standard InChI is InChI=1S/C18H32N2O2/c1-18(2)16(14-8-5-11-22-17(14)18)20-10-9-19-15(21)12-13-6-3-4-7-13/h13-14,16-17,20H,3-12H2,1-2H3,(H,19,21)/t14-,16-,17+/m1/s1. The van der Waals surface area contributed by atoms with Crippen molar-refractivity contribution in [2.45, 2.75) is 70.9 Å². The van der Waals surface area contributed by atoms with Crippen LogP contribution in [0.1, 0.15) is 58.8 Å². The first-order chi connectivity index (χ1) is 10.6. The van der Waals surface area contributed by atoms with Crippen molar-refractivity contribution in [1.82, 2.24) is 10.6 Å². The van der Waals surface area contributed by atoms with Gasteiger partial charge in [0.2, 0.25) is 5.91 Å². The number of nitrogens with one attached hydrogen (secondary N) is 2. The lowest BCUT2D eigenvalue weighted by Crippen LogP contribution is -2.69. The van der Waals surface area contributed by atoms with Gasteiger partial charge in [-0.05, 0) is 31.6 Å². The van der Waals surface area contributed by atoms with Gasteiger partial charge in [-0.3, -0.25) is 4.79 Å². The van der Waals surface area contributed by atoms with E-state index in [1.807, 2.05) is 0 Å². The fraction of sp³-hybridized carbons (Fsp3) is 0.944. The highest BCUT2D eigenvalue weighted by atomic mass is 16.5. The third kappa shape index (κ3) is 3.33. The molecule has 1 aliphatic heterocycles.